The smallest absolute Gasteiger partial charge is 0.288 e. The molecule has 0 atom stereocenters. The van der Waals surface area contributed by atoms with Crippen molar-refractivity contribution in [1.29, 1.82) is 0 Å². The number of rotatable bonds is 2. The Labute approximate surface area is 69.0 Å². The fraction of sp³-hybridized carbons (Fsp3) is 0.571. The van der Waals surface area contributed by atoms with Gasteiger partial charge < -0.3 is 10.7 Å². The first kappa shape index (κ1) is 9.12. The number of imidazole rings is 1. The van der Waals surface area contributed by atoms with Crippen LogP contribution in [-0.4, -0.2) is 9.97 Å². The summed E-state index contributed by atoms with van der Waals surface area (Å²) in [6.07, 6.45) is 0. The number of alkyl halides is 2. The molecule has 3 nitrogen and oxygen atoms in total. The largest absolute Gasteiger partial charge is 0.345 e. The van der Waals surface area contributed by atoms with Crippen molar-refractivity contribution in [2.24, 2.45) is 5.73 Å². The molecule has 0 spiro atoms. The average molecular weight is 175 g/mol. The monoisotopic (exact) mass is 175 g/mol. The van der Waals surface area contributed by atoms with E-state index in [0.29, 0.717) is 11.5 Å². The quantitative estimate of drug-likeness (QED) is 0.711. The van der Waals surface area contributed by atoms with Crippen molar-refractivity contribution in [2.75, 3.05) is 0 Å². The van der Waals surface area contributed by atoms with Gasteiger partial charge in [0.15, 0.2) is 0 Å². The van der Waals surface area contributed by atoms with Crippen molar-refractivity contribution < 1.29 is 8.78 Å². The zero-order valence-electron chi connectivity index (χ0n) is 6.99. The number of H-pyrrole nitrogens is 1. The standard InChI is InChI=1S/C7H11F2N3/c1-4-6(7(2,8)9)12-5(3-10)11-4/h3,10H2,1-2H3,(H,11,12). The predicted octanol–water partition coefficient (Wildman–Crippen LogP) is 1.29. The molecule has 12 heavy (non-hydrogen) atoms. The molecule has 0 aliphatic rings. The molecule has 0 saturated heterocycles. The number of nitrogens with one attached hydrogen (secondary N) is 1. The van der Waals surface area contributed by atoms with Crippen LogP contribution in [0.2, 0.25) is 0 Å². The molecule has 5 heteroatoms. The first-order chi connectivity index (χ1) is 5.45. The van der Waals surface area contributed by atoms with E-state index in [-0.39, 0.29) is 12.2 Å². The molecule has 1 aromatic rings. The van der Waals surface area contributed by atoms with Crippen LogP contribution in [0.4, 0.5) is 8.78 Å². The van der Waals surface area contributed by atoms with Crippen LogP contribution in [0.15, 0.2) is 0 Å². The lowest BCUT2D eigenvalue weighted by Gasteiger charge is -2.06. The molecule has 68 valence electrons. The predicted molar refractivity (Wildman–Crippen MR) is 40.8 cm³/mol. The molecule has 0 fully saturated rings. The van der Waals surface area contributed by atoms with Gasteiger partial charge in [-0.1, -0.05) is 0 Å². The fourth-order valence-electron chi connectivity index (χ4n) is 1.05. The van der Waals surface area contributed by atoms with Gasteiger partial charge in [0.2, 0.25) is 0 Å². The lowest BCUT2D eigenvalue weighted by molar-refractivity contribution is 0.0124. The second-order valence-electron chi connectivity index (χ2n) is 2.75. The maximum atomic E-state index is 12.7. The topological polar surface area (TPSA) is 54.7 Å². The first-order valence-electron chi connectivity index (χ1n) is 3.59. The summed E-state index contributed by atoms with van der Waals surface area (Å²) in [6, 6.07) is 0. The van der Waals surface area contributed by atoms with E-state index in [1.54, 1.807) is 6.92 Å². The van der Waals surface area contributed by atoms with E-state index >= 15 is 0 Å². The van der Waals surface area contributed by atoms with E-state index in [9.17, 15) is 8.78 Å². The molecular weight excluding hydrogens is 164 g/mol. The van der Waals surface area contributed by atoms with E-state index in [2.05, 4.69) is 9.97 Å². The molecule has 0 bridgehead atoms. The van der Waals surface area contributed by atoms with Gasteiger partial charge in [0, 0.05) is 12.6 Å². The number of nitrogens with two attached hydrogens (primary N) is 1. The summed E-state index contributed by atoms with van der Waals surface area (Å²) in [6.45, 7) is 2.52. The Morgan fingerprint density at radius 1 is 1.58 bits per heavy atom. The fourth-order valence-corrected chi connectivity index (χ4v) is 1.05. The van der Waals surface area contributed by atoms with Crippen molar-refractivity contribution in [2.45, 2.75) is 26.3 Å². The summed E-state index contributed by atoms with van der Waals surface area (Å²) in [5, 5.41) is 0. The molecule has 0 radical (unpaired) electrons. The highest BCUT2D eigenvalue weighted by atomic mass is 19.3. The zero-order valence-corrected chi connectivity index (χ0v) is 6.99. The van der Waals surface area contributed by atoms with Gasteiger partial charge in [0.05, 0.1) is 6.54 Å². The van der Waals surface area contributed by atoms with Gasteiger partial charge in [-0.2, -0.15) is 8.78 Å². The third-order valence-electron chi connectivity index (χ3n) is 1.54. The molecule has 0 amide bonds. The van der Waals surface area contributed by atoms with Crippen molar-refractivity contribution in [3.8, 4) is 0 Å². The van der Waals surface area contributed by atoms with Crippen LogP contribution in [0.5, 0.6) is 0 Å². The molecular formula is C7H11F2N3. The Hall–Kier alpha value is -0.970. The summed E-state index contributed by atoms with van der Waals surface area (Å²) in [5.74, 6) is -2.50. The third-order valence-corrected chi connectivity index (χ3v) is 1.54. The number of nitrogens with zero attached hydrogens (tertiary/aromatic N) is 1. The van der Waals surface area contributed by atoms with Crippen LogP contribution in [-0.2, 0) is 12.5 Å². The van der Waals surface area contributed by atoms with E-state index < -0.39 is 5.92 Å². The van der Waals surface area contributed by atoms with E-state index in [1.165, 1.54) is 0 Å². The Balaban J connectivity index is 3.08. The summed E-state index contributed by atoms with van der Waals surface area (Å²) in [4.78, 5) is 6.35. The van der Waals surface area contributed by atoms with E-state index in [0.717, 1.165) is 6.92 Å². The second kappa shape index (κ2) is 2.82. The Kier molecular flexibility index (Phi) is 2.14. The van der Waals surface area contributed by atoms with Crippen LogP contribution < -0.4 is 5.73 Å². The van der Waals surface area contributed by atoms with Gasteiger partial charge in [-0.05, 0) is 6.92 Å². The number of aromatic nitrogens is 2. The van der Waals surface area contributed by atoms with Crippen LogP contribution in [0, 0.1) is 6.92 Å². The van der Waals surface area contributed by atoms with E-state index in [1.807, 2.05) is 0 Å². The van der Waals surface area contributed by atoms with Gasteiger partial charge >= 0.3 is 0 Å². The Bertz CT molecular complexity index is 275. The lowest BCUT2D eigenvalue weighted by Crippen LogP contribution is -2.09. The Morgan fingerprint density at radius 2 is 2.17 bits per heavy atom. The number of aromatic amines is 1. The Morgan fingerprint density at radius 3 is 2.42 bits per heavy atom. The molecule has 0 unspecified atom stereocenters. The highest BCUT2D eigenvalue weighted by molar-refractivity contribution is 5.17. The average Bonchev–Trinajstić information content (AvgIpc) is 2.29. The van der Waals surface area contributed by atoms with Crippen LogP contribution >= 0.6 is 0 Å². The minimum atomic E-state index is -2.89. The van der Waals surface area contributed by atoms with Crippen molar-refractivity contribution in [3.05, 3.63) is 17.2 Å². The molecule has 0 aromatic carbocycles. The summed E-state index contributed by atoms with van der Waals surface area (Å²) in [5.41, 5.74) is 5.39. The van der Waals surface area contributed by atoms with Gasteiger partial charge in [-0.25, -0.2) is 4.98 Å². The maximum absolute atomic E-state index is 12.7. The lowest BCUT2D eigenvalue weighted by atomic mass is 10.2. The van der Waals surface area contributed by atoms with Crippen molar-refractivity contribution in [3.63, 3.8) is 0 Å². The minimum Gasteiger partial charge on any atom is -0.345 e. The summed E-state index contributed by atoms with van der Waals surface area (Å²) < 4.78 is 25.5. The number of hydrogen-bond donors (Lipinski definition) is 2. The number of aryl methyl sites for hydroxylation is 1. The third kappa shape index (κ3) is 1.61. The molecule has 0 saturated carbocycles. The molecule has 3 N–H and O–H groups in total. The van der Waals surface area contributed by atoms with Crippen LogP contribution in [0.1, 0.15) is 24.1 Å². The first-order valence-corrected chi connectivity index (χ1v) is 3.59. The summed E-state index contributed by atoms with van der Waals surface area (Å²) in [7, 11) is 0. The van der Waals surface area contributed by atoms with Gasteiger partial charge in [-0.3, -0.25) is 0 Å². The highest BCUT2D eigenvalue weighted by Crippen LogP contribution is 2.27. The molecule has 0 aliphatic heterocycles. The second-order valence-corrected chi connectivity index (χ2v) is 2.75. The van der Waals surface area contributed by atoms with Crippen LogP contribution in [0.3, 0.4) is 0 Å². The number of hydrogen-bond acceptors (Lipinski definition) is 2. The van der Waals surface area contributed by atoms with Gasteiger partial charge in [0.25, 0.3) is 5.92 Å². The molecule has 1 rings (SSSR count). The van der Waals surface area contributed by atoms with Crippen LogP contribution in [0.25, 0.3) is 0 Å². The highest BCUT2D eigenvalue weighted by Gasteiger charge is 2.29. The maximum Gasteiger partial charge on any atom is 0.288 e. The van der Waals surface area contributed by atoms with Gasteiger partial charge in [0.1, 0.15) is 11.5 Å². The molecule has 1 heterocycles. The molecule has 0 aliphatic carbocycles. The van der Waals surface area contributed by atoms with Crippen molar-refractivity contribution in [1.82, 2.24) is 9.97 Å². The van der Waals surface area contributed by atoms with Crippen molar-refractivity contribution >= 4 is 0 Å². The molecule has 1 aromatic heterocycles. The van der Waals surface area contributed by atoms with E-state index in [4.69, 9.17) is 5.73 Å². The minimum absolute atomic E-state index is 0.150. The van der Waals surface area contributed by atoms with Gasteiger partial charge in [-0.15, -0.1) is 0 Å². The SMILES string of the molecule is Cc1[nH]c(CN)nc1C(C)(F)F. The zero-order chi connectivity index (χ0) is 9.35. The number of halogens is 2. The normalized spacial score (nSPS) is 12.1. The summed E-state index contributed by atoms with van der Waals surface area (Å²) >= 11 is 0.